The van der Waals surface area contributed by atoms with Crippen molar-refractivity contribution in [3.63, 3.8) is 0 Å². The molecule has 0 saturated carbocycles. The van der Waals surface area contributed by atoms with E-state index in [1.165, 1.54) is 169 Å². The van der Waals surface area contributed by atoms with Gasteiger partial charge in [-0.2, -0.15) is 0 Å². The number of aliphatic hydroxyl groups excluding tert-OH is 3. The second-order valence-electron chi connectivity index (χ2n) is 27.6. The zero-order valence-electron chi connectivity index (χ0n) is 60.2. The van der Waals surface area contributed by atoms with Gasteiger partial charge in [0.2, 0.25) is 0 Å². The van der Waals surface area contributed by atoms with Crippen molar-refractivity contribution in [3.05, 3.63) is 103 Å². The molecule has 3 rings (SSSR count). The van der Waals surface area contributed by atoms with Crippen LogP contribution in [0.1, 0.15) is 298 Å². The van der Waals surface area contributed by atoms with Crippen molar-refractivity contribution in [3.8, 4) is 35.5 Å². The molecule has 0 aromatic heterocycles. The van der Waals surface area contributed by atoms with Gasteiger partial charge < -0.3 is 29.5 Å². The summed E-state index contributed by atoms with van der Waals surface area (Å²) in [5.41, 5.74) is 14.9. The van der Waals surface area contributed by atoms with E-state index >= 15 is 0 Å². The first-order valence-corrected chi connectivity index (χ1v) is 34.6. The zero-order chi connectivity index (χ0) is 67.7. The summed E-state index contributed by atoms with van der Waals surface area (Å²) in [6, 6.07) is 0. The van der Waals surface area contributed by atoms with Crippen molar-refractivity contribution in [2.24, 2.45) is 16.2 Å². The van der Waals surface area contributed by atoms with E-state index < -0.39 is 18.3 Å². The summed E-state index contributed by atoms with van der Waals surface area (Å²) in [6.45, 7) is 38.0. The number of allylic oxidation sites excluding steroid dienone is 12. The van der Waals surface area contributed by atoms with Crippen molar-refractivity contribution in [1.82, 2.24) is 0 Å². The maximum absolute atomic E-state index is 12.0. The Hall–Kier alpha value is -5.37. The Bertz CT molecular complexity index is 2720. The first kappa shape index (κ1) is 82.6. The fourth-order valence-electron chi connectivity index (χ4n) is 11.8. The van der Waals surface area contributed by atoms with Gasteiger partial charge in [-0.25, -0.2) is 0 Å². The summed E-state index contributed by atoms with van der Waals surface area (Å²) < 4.78 is 15.2. The minimum Gasteiger partial charge on any atom is -0.462 e. The fraction of sp³-hybridized carbons (Fsp3) is 0.667. The molecular weight excluding hydrogens is 1120 g/mol. The van der Waals surface area contributed by atoms with Crippen LogP contribution in [0.15, 0.2) is 103 Å². The monoisotopic (exact) mass is 1240 g/mol. The Balaban J connectivity index is 0.000000700. The number of ether oxygens (including phenoxy) is 3. The van der Waals surface area contributed by atoms with Crippen molar-refractivity contribution in [2.75, 3.05) is 19.8 Å². The number of esters is 3. The van der Waals surface area contributed by atoms with Gasteiger partial charge in [0.05, 0.1) is 0 Å². The van der Waals surface area contributed by atoms with Crippen LogP contribution in [-0.2, 0) is 28.6 Å². The Labute approximate surface area is 550 Å². The SMILES string of the molecule is CC(=O)OCC=C(C)C(O)C#CC(C)=CCC1=C(C)CCCC1(C)C.CCC(=O)OCC=C(C)C(O)C#CC(C)=CCC1=C(C)CCCC1(C)C.CCCCCCCCCCCCCCCC(=O)OCC=C(C)C(O)C#CC(C)=CCC1=C(C)CCCC1(C)C. The molecule has 0 saturated heterocycles. The highest BCUT2D eigenvalue weighted by molar-refractivity contribution is 5.69. The lowest BCUT2D eigenvalue weighted by Crippen LogP contribution is -2.20. The van der Waals surface area contributed by atoms with Crippen molar-refractivity contribution in [1.29, 1.82) is 0 Å². The number of hydrogen-bond acceptors (Lipinski definition) is 9. The number of hydrogen-bond donors (Lipinski definition) is 3. The summed E-state index contributed by atoms with van der Waals surface area (Å²) in [4.78, 5) is 33.9. The highest BCUT2D eigenvalue weighted by Gasteiger charge is 2.29. The van der Waals surface area contributed by atoms with Crippen LogP contribution in [0.2, 0.25) is 0 Å². The Morgan fingerprint density at radius 1 is 0.433 bits per heavy atom. The van der Waals surface area contributed by atoms with E-state index in [1.54, 1.807) is 39.0 Å². The molecular formula is C81H126O9. The van der Waals surface area contributed by atoms with E-state index in [4.69, 9.17) is 14.2 Å². The van der Waals surface area contributed by atoms with Gasteiger partial charge in [0.25, 0.3) is 0 Å². The van der Waals surface area contributed by atoms with Gasteiger partial charge in [0.15, 0.2) is 0 Å². The van der Waals surface area contributed by atoms with Crippen molar-refractivity contribution in [2.45, 2.75) is 316 Å². The number of rotatable bonds is 30. The normalized spacial score (nSPS) is 18.0. The van der Waals surface area contributed by atoms with Crippen LogP contribution in [0.3, 0.4) is 0 Å². The third-order valence-electron chi connectivity index (χ3n) is 18.2. The second-order valence-corrected chi connectivity index (χ2v) is 27.6. The summed E-state index contributed by atoms with van der Waals surface area (Å²) in [5, 5.41) is 30.6. The molecule has 0 fully saturated rings. The molecule has 9 heteroatoms. The predicted octanol–water partition coefficient (Wildman–Crippen LogP) is 20.0. The standard InChI is InChI=1S/C36H60O3.C23H34O3.C22H32O3/c1-7-8-9-10-11-12-13-14-15-16-17-18-19-22-35(38)39-29-27-32(4)34(37)26-24-30(2)23-25-33-31(3)21-20-28-36(33,5)6;1-7-22(25)26-16-14-19(4)21(24)13-11-17(2)10-12-20-18(3)9-8-15-23(20,5)6;1-16(9-11-20-17(2)8-7-14-22(20,5)6)10-12-21(24)18(3)13-15-25-19(4)23/h23,27,34,37H,7-22,25,28-29H2,1-6H3;10,14,21,24H,7-9,12,15-16H2,1-6H3;9,13,21,24H,7-8,11,14-15H2,1-6H3. The molecule has 90 heavy (non-hydrogen) atoms. The minimum atomic E-state index is -0.847. The van der Waals surface area contributed by atoms with Crippen LogP contribution < -0.4 is 0 Å². The molecule has 0 spiro atoms. The molecule has 3 atom stereocenters. The number of aliphatic hydroxyl groups is 3. The maximum Gasteiger partial charge on any atom is 0.306 e. The molecule has 0 aromatic rings. The van der Waals surface area contributed by atoms with Crippen LogP contribution in [0.4, 0.5) is 0 Å². The second kappa shape index (κ2) is 45.8. The lowest BCUT2D eigenvalue weighted by Gasteiger charge is -2.34. The Morgan fingerprint density at radius 3 is 1.01 bits per heavy atom. The molecule has 0 amide bonds. The summed E-state index contributed by atoms with van der Waals surface area (Å²) in [6.07, 6.45) is 40.7. The zero-order valence-corrected chi connectivity index (χ0v) is 60.2. The van der Waals surface area contributed by atoms with Gasteiger partial charge in [-0.3, -0.25) is 14.4 Å². The van der Waals surface area contributed by atoms with Crippen LogP contribution >= 0.6 is 0 Å². The third kappa shape index (κ3) is 36.6. The average Bonchev–Trinajstić information content (AvgIpc) is 1.47. The lowest BCUT2D eigenvalue weighted by molar-refractivity contribution is -0.143. The molecule has 3 unspecified atom stereocenters. The first-order valence-electron chi connectivity index (χ1n) is 34.6. The molecule has 3 aliphatic carbocycles. The third-order valence-corrected chi connectivity index (χ3v) is 18.2. The molecule has 0 radical (unpaired) electrons. The highest BCUT2D eigenvalue weighted by atomic mass is 16.5. The van der Waals surface area contributed by atoms with Crippen LogP contribution in [0, 0.1) is 51.8 Å². The summed E-state index contributed by atoms with van der Waals surface area (Å²) >= 11 is 0. The fourth-order valence-corrected chi connectivity index (χ4v) is 11.8. The molecule has 3 N–H and O–H groups in total. The molecule has 0 aliphatic heterocycles. The Morgan fingerprint density at radius 2 is 0.722 bits per heavy atom. The summed E-state index contributed by atoms with van der Waals surface area (Å²) in [7, 11) is 0. The molecule has 0 bridgehead atoms. The van der Waals surface area contributed by atoms with E-state index in [1.807, 2.05) is 27.7 Å². The largest absolute Gasteiger partial charge is 0.462 e. The molecule has 0 aromatic carbocycles. The van der Waals surface area contributed by atoms with E-state index in [2.05, 4.69) is 123 Å². The van der Waals surface area contributed by atoms with Crippen LogP contribution in [0.5, 0.6) is 0 Å². The number of unbranched alkanes of at least 4 members (excludes halogenated alkanes) is 12. The molecule has 504 valence electrons. The van der Waals surface area contributed by atoms with Gasteiger partial charge in [-0.1, -0.05) is 220 Å². The van der Waals surface area contributed by atoms with Gasteiger partial charge in [0, 0.05) is 19.8 Å². The van der Waals surface area contributed by atoms with Crippen molar-refractivity contribution >= 4 is 17.9 Å². The van der Waals surface area contributed by atoms with E-state index in [9.17, 15) is 29.7 Å². The molecule has 3 aliphatic rings. The van der Waals surface area contributed by atoms with E-state index in [0.29, 0.717) is 24.0 Å². The van der Waals surface area contributed by atoms with Gasteiger partial charge >= 0.3 is 17.9 Å². The van der Waals surface area contributed by atoms with Crippen LogP contribution in [0.25, 0.3) is 0 Å². The van der Waals surface area contributed by atoms with Crippen LogP contribution in [-0.4, -0.2) is 71.4 Å². The van der Waals surface area contributed by atoms with Gasteiger partial charge in [-0.15, -0.1) is 0 Å². The lowest BCUT2D eigenvalue weighted by atomic mass is 9.71. The quantitative estimate of drug-likeness (QED) is 0.0211. The van der Waals surface area contributed by atoms with E-state index in [0.717, 1.165) is 54.4 Å². The first-order chi connectivity index (χ1) is 42.5. The topological polar surface area (TPSA) is 140 Å². The number of carbonyl (C=O) groups is 3. The Kier molecular flexibility index (Phi) is 42.1. The molecule has 9 nitrogen and oxygen atoms in total. The smallest absolute Gasteiger partial charge is 0.306 e. The minimum absolute atomic E-state index is 0.156. The number of carbonyl (C=O) groups excluding carboxylic acids is 3. The predicted molar refractivity (Wildman–Crippen MR) is 378 cm³/mol. The van der Waals surface area contributed by atoms with Crippen molar-refractivity contribution < 1.29 is 43.9 Å². The van der Waals surface area contributed by atoms with Gasteiger partial charge in [0.1, 0.15) is 38.1 Å². The summed E-state index contributed by atoms with van der Waals surface area (Å²) in [5.74, 6) is 17.1. The highest BCUT2D eigenvalue weighted by Crippen LogP contribution is 2.44. The van der Waals surface area contributed by atoms with Gasteiger partial charge in [-0.05, 0) is 214 Å². The van der Waals surface area contributed by atoms with E-state index in [-0.39, 0.29) is 54.0 Å². The maximum atomic E-state index is 12.0. The molecule has 0 heterocycles. The average molecular weight is 1240 g/mol.